The van der Waals surface area contributed by atoms with E-state index < -0.39 is 0 Å². The summed E-state index contributed by atoms with van der Waals surface area (Å²) >= 11 is 3.01. The number of carbonyl (C=O) groups is 1. The van der Waals surface area contributed by atoms with Gasteiger partial charge in [0, 0.05) is 0 Å². The van der Waals surface area contributed by atoms with Gasteiger partial charge in [0.2, 0.25) is 0 Å². The molecule has 0 aromatic heterocycles. The van der Waals surface area contributed by atoms with Crippen molar-refractivity contribution in [2.45, 2.75) is 0 Å². The van der Waals surface area contributed by atoms with E-state index in [4.69, 9.17) is 0 Å². The molecule has 0 unspecified atom stereocenters. The molecule has 5 heteroatoms. The Morgan fingerprint density at radius 3 is 2.21 bits per heavy atom. The first-order valence-electron chi connectivity index (χ1n) is 7.65. The fourth-order valence-corrected chi connectivity index (χ4v) is 3.19. The molecule has 1 aliphatic heterocycles. The summed E-state index contributed by atoms with van der Waals surface area (Å²) in [6.45, 7) is 0. The minimum atomic E-state index is -0.0332. The molecule has 1 fully saturated rings. The third-order valence-electron chi connectivity index (χ3n) is 3.99. The molecule has 0 bridgehead atoms. The van der Waals surface area contributed by atoms with Crippen molar-refractivity contribution in [3.63, 3.8) is 0 Å². The van der Waals surface area contributed by atoms with Crippen LogP contribution in [0.25, 0.3) is 6.08 Å². The Morgan fingerprint density at radius 1 is 1.00 bits per heavy atom. The van der Waals surface area contributed by atoms with Crippen molar-refractivity contribution >= 4 is 43.6 Å². The Morgan fingerprint density at radius 2 is 1.62 bits per heavy atom. The van der Waals surface area contributed by atoms with Gasteiger partial charge in [-0.1, -0.05) is 0 Å². The van der Waals surface area contributed by atoms with E-state index in [2.05, 4.69) is 15.6 Å². The van der Waals surface area contributed by atoms with Gasteiger partial charge in [0.05, 0.1) is 0 Å². The van der Waals surface area contributed by atoms with E-state index in [-0.39, 0.29) is 5.91 Å². The Bertz CT molecular complexity index is 797. The second kappa shape index (κ2) is 6.63. The monoisotopic (exact) mass is 385 g/mol. The maximum absolute atomic E-state index is 12.9. The van der Waals surface area contributed by atoms with E-state index in [0.29, 0.717) is 5.70 Å². The summed E-state index contributed by atoms with van der Waals surface area (Å²) in [5.41, 5.74) is 3.63. The Labute approximate surface area is 150 Å². The van der Waals surface area contributed by atoms with Gasteiger partial charge in [0.1, 0.15) is 0 Å². The molecule has 0 atom stereocenters. The van der Waals surface area contributed by atoms with Crippen molar-refractivity contribution in [2.24, 2.45) is 0 Å². The predicted octanol–water partition coefficient (Wildman–Crippen LogP) is 2.33. The molecule has 0 saturated carbocycles. The zero-order chi connectivity index (χ0) is 17.3. The molecule has 1 amide bonds. The number of rotatable bonds is 3. The number of likely N-dealkylation sites (N-methyl/N-ethyl adjacent to an activating group) is 1. The van der Waals surface area contributed by atoms with Crippen molar-refractivity contribution in [2.75, 3.05) is 30.9 Å². The van der Waals surface area contributed by atoms with Crippen molar-refractivity contribution in [1.29, 1.82) is 0 Å². The second-order valence-electron chi connectivity index (χ2n) is 5.83. The van der Waals surface area contributed by atoms with E-state index in [1.54, 1.807) is 4.90 Å². The third-order valence-corrected chi connectivity index (χ3v) is 4.95. The standard InChI is InChI=1S/C19H19N3OSe/c1-20(2)15-11-9-14(10-12-15)13-17-18(23)22(19(24)21(17)3)16-7-5-4-6-8-16/h4-13H,1-3H3/b17-13+. The Kier molecular flexibility index (Phi) is 4.56. The molecular formula is C19H19N3OSe. The molecular weight excluding hydrogens is 365 g/mol. The number of amides is 1. The van der Waals surface area contributed by atoms with E-state index in [1.807, 2.05) is 91.6 Å². The molecule has 0 spiro atoms. The van der Waals surface area contributed by atoms with Gasteiger partial charge in [-0.2, -0.15) is 0 Å². The Balaban J connectivity index is 1.93. The number of anilines is 2. The van der Waals surface area contributed by atoms with Crippen molar-refractivity contribution in [3.8, 4) is 0 Å². The zero-order valence-electron chi connectivity index (χ0n) is 13.9. The van der Waals surface area contributed by atoms with Crippen molar-refractivity contribution in [3.05, 3.63) is 65.9 Å². The van der Waals surface area contributed by atoms with Gasteiger partial charge in [0.15, 0.2) is 0 Å². The van der Waals surface area contributed by atoms with Crippen LogP contribution >= 0.6 is 0 Å². The average Bonchev–Trinajstić information content (AvgIpc) is 2.80. The molecule has 1 heterocycles. The molecule has 4 nitrogen and oxygen atoms in total. The van der Waals surface area contributed by atoms with E-state index in [0.717, 1.165) is 21.6 Å². The summed E-state index contributed by atoms with van der Waals surface area (Å²) in [4.78, 5) is 18.5. The van der Waals surface area contributed by atoms with Gasteiger partial charge < -0.3 is 0 Å². The summed E-state index contributed by atoms with van der Waals surface area (Å²) < 4.78 is 0.780. The van der Waals surface area contributed by atoms with Gasteiger partial charge in [-0.25, -0.2) is 0 Å². The van der Waals surface area contributed by atoms with Gasteiger partial charge >= 0.3 is 150 Å². The predicted molar refractivity (Wildman–Crippen MR) is 101 cm³/mol. The molecule has 3 rings (SSSR count). The molecule has 24 heavy (non-hydrogen) atoms. The SMILES string of the molecule is CN1C(=[Se])N(c2ccccc2)C(=O)/C1=C\c1ccc(N(C)C)cc1. The molecule has 2 aromatic rings. The molecule has 1 saturated heterocycles. The number of para-hydroxylation sites is 1. The van der Waals surface area contributed by atoms with Crippen LogP contribution in [0.4, 0.5) is 11.4 Å². The van der Waals surface area contributed by atoms with Crippen LogP contribution in [0.1, 0.15) is 5.56 Å². The van der Waals surface area contributed by atoms with Gasteiger partial charge in [-0.15, -0.1) is 0 Å². The molecule has 0 N–H and O–H groups in total. The average molecular weight is 384 g/mol. The first kappa shape index (κ1) is 16.5. The van der Waals surface area contributed by atoms with Gasteiger partial charge in [0.25, 0.3) is 0 Å². The fourth-order valence-electron chi connectivity index (χ4n) is 2.59. The van der Waals surface area contributed by atoms with Crippen LogP contribution in [0.2, 0.25) is 0 Å². The molecule has 1 aliphatic rings. The quantitative estimate of drug-likeness (QED) is 0.601. The molecule has 122 valence electrons. The number of nitrogens with zero attached hydrogens (tertiary/aromatic N) is 3. The van der Waals surface area contributed by atoms with Crippen molar-refractivity contribution < 1.29 is 4.79 Å². The van der Waals surface area contributed by atoms with Crippen LogP contribution in [0.5, 0.6) is 0 Å². The number of carbonyl (C=O) groups excluding carboxylic acids is 1. The van der Waals surface area contributed by atoms with Crippen molar-refractivity contribution in [1.82, 2.24) is 4.90 Å². The topological polar surface area (TPSA) is 26.8 Å². The zero-order valence-corrected chi connectivity index (χ0v) is 15.6. The number of hydrogen-bond donors (Lipinski definition) is 0. The minimum absolute atomic E-state index is 0.0332. The van der Waals surface area contributed by atoms with Crippen LogP contribution < -0.4 is 9.80 Å². The number of benzene rings is 2. The van der Waals surface area contributed by atoms with Crippen LogP contribution in [0.15, 0.2) is 60.3 Å². The van der Waals surface area contributed by atoms with Gasteiger partial charge in [-0.05, 0) is 0 Å². The molecule has 0 aliphatic carbocycles. The van der Waals surface area contributed by atoms with Gasteiger partial charge in [-0.3, -0.25) is 0 Å². The summed E-state index contributed by atoms with van der Waals surface area (Å²) in [5, 5.41) is 0. The second-order valence-corrected chi connectivity index (χ2v) is 6.60. The summed E-state index contributed by atoms with van der Waals surface area (Å²) in [6.07, 6.45) is 1.92. The summed E-state index contributed by atoms with van der Waals surface area (Å²) in [5.74, 6) is -0.0332. The summed E-state index contributed by atoms with van der Waals surface area (Å²) in [6, 6.07) is 17.8. The summed E-state index contributed by atoms with van der Waals surface area (Å²) in [7, 11) is 5.91. The number of hydrogen-bond acceptors (Lipinski definition) is 3. The van der Waals surface area contributed by atoms with E-state index in [9.17, 15) is 4.79 Å². The normalized spacial score (nSPS) is 16.2. The van der Waals surface area contributed by atoms with Crippen LogP contribution in [-0.2, 0) is 4.79 Å². The van der Waals surface area contributed by atoms with Crippen LogP contribution in [0.3, 0.4) is 0 Å². The molecule has 0 radical (unpaired) electrons. The van der Waals surface area contributed by atoms with Crippen LogP contribution in [0, 0.1) is 0 Å². The first-order chi connectivity index (χ1) is 11.5. The van der Waals surface area contributed by atoms with Crippen LogP contribution in [-0.4, -0.2) is 52.2 Å². The maximum atomic E-state index is 12.9. The first-order valence-corrected chi connectivity index (χ1v) is 8.51. The Hall–Kier alpha value is -2.36. The fraction of sp³-hybridized carbons (Fsp3) is 0.158. The van der Waals surface area contributed by atoms with E-state index in [1.165, 1.54) is 0 Å². The third kappa shape index (κ3) is 3.01. The molecule has 2 aromatic carbocycles. The van der Waals surface area contributed by atoms with E-state index >= 15 is 0 Å².